The van der Waals surface area contributed by atoms with Gasteiger partial charge in [-0.3, -0.25) is 0 Å². The van der Waals surface area contributed by atoms with Gasteiger partial charge in [-0.15, -0.1) is 0 Å². The van der Waals surface area contributed by atoms with E-state index in [0.29, 0.717) is 11.3 Å². The number of hydrogen-bond acceptors (Lipinski definition) is 3. The molecule has 20 heavy (non-hydrogen) atoms. The SMILES string of the molecule is CC(C)(C)OC(=O)c1ccc(N)cc1-c1ccccc1. The fraction of sp³-hybridized carbons (Fsp3) is 0.235. The van der Waals surface area contributed by atoms with Crippen molar-refractivity contribution in [2.75, 3.05) is 5.73 Å². The van der Waals surface area contributed by atoms with Crippen LogP contribution in [0, 0.1) is 0 Å². The Balaban J connectivity index is 2.47. The second kappa shape index (κ2) is 5.37. The second-order valence-corrected chi connectivity index (χ2v) is 5.67. The van der Waals surface area contributed by atoms with Crippen LogP contribution in [0.4, 0.5) is 5.69 Å². The van der Waals surface area contributed by atoms with Gasteiger partial charge in [0.2, 0.25) is 0 Å². The summed E-state index contributed by atoms with van der Waals surface area (Å²) >= 11 is 0. The Morgan fingerprint density at radius 3 is 2.30 bits per heavy atom. The summed E-state index contributed by atoms with van der Waals surface area (Å²) in [4.78, 5) is 12.3. The van der Waals surface area contributed by atoms with Crippen LogP contribution < -0.4 is 5.73 Å². The van der Waals surface area contributed by atoms with E-state index in [-0.39, 0.29) is 5.97 Å². The minimum atomic E-state index is -0.521. The molecule has 0 unspecified atom stereocenters. The van der Waals surface area contributed by atoms with Crippen molar-refractivity contribution >= 4 is 11.7 Å². The van der Waals surface area contributed by atoms with Gasteiger partial charge in [0.1, 0.15) is 5.60 Å². The van der Waals surface area contributed by atoms with Crippen LogP contribution >= 0.6 is 0 Å². The highest BCUT2D eigenvalue weighted by molar-refractivity contribution is 5.98. The van der Waals surface area contributed by atoms with Gasteiger partial charge in [0.25, 0.3) is 0 Å². The number of anilines is 1. The molecule has 0 aromatic heterocycles. The van der Waals surface area contributed by atoms with E-state index in [1.807, 2.05) is 51.1 Å². The van der Waals surface area contributed by atoms with Crippen molar-refractivity contribution in [1.82, 2.24) is 0 Å². The summed E-state index contributed by atoms with van der Waals surface area (Å²) in [6.45, 7) is 5.55. The molecule has 0 aliphatic heterocycles. The van der Waals surface area contributed by atoms with E-state index in [1.54, 1.807) is 18.2 Å². The molecule has 0 saturated heterocycles. The predicted molar refractivity (Wildman–Crippen MR) is 81.5 cm³/mol. The van der Waals surface area contributed by atoms with E-state index in [0.717, 1.165) is 11.1 Å². The lowest BCUT2D eigenvalue weighted by molar-refractivity contribution is 0.00705. The fourth-order valence-electron chi connectivity index (χ4n) is 1.93. The molecular formula is C17H19NO2. The Bertz CT molecular complexity index is 613. The Morgan fingerprint density at radius 1 is 1.05 bits per heavy atom. The Hall–Kier alpha value is -2.29. The zero-order chi connectivity index (χ0) is 14.8. The van der Waals surface area contributed by atoms with E-state index >= 15 is 0 Å². The summed E-state index contributed by atoms with van der Waals surface area (Å²) in [5.74, 6) is -0.337. The van der Waals surface area contributed by atoms with Crippen molar-refractivity contribution in [3.63, 3.8) is 0 Å². The number of carbonyl (C=O) groups excluding carboxylic acids is 1. The van der Waals surface area contributed by atoms with E-state index in [9.17, 15) is 4.79 Å². The summed E-state index contributed by atoms with van der Waals surface area (Å²) < 4.78 is 5.45. The van der Waals surface area contributed by atoms with E-state index in [2.05, 4.69) is 0 Å². The summed E-state index contributed by atoms with van der Waals surface area (Å²) in [7, 11) is 0. The number of nitrogens with two attached hydrogens (primary N) is 1. The highest BCUT2D eigenvalue weighted by Crippen LogP contribution is 2.27. The van der Waals surface area contributed by atoms with Crippen molar-refractivity contribution in [3.8, 4) is 11.1 Å². The maximum Gasteiger partial charge on any atom is 0.339 e. The minimum Gasteiger partial charge on any atom is -0.456 e. The molecule has 0 amide bonds. The second-order valence-electron chi connectivity index (χ2n) is 5.67. The minimum absolute atomic E-state index is 0.337. The van der Waals surface area contributed by atoms with Crippen molar-refractivity contribution < 1.29 is 9.53 Å². The molecule has 2 aromatic carbocycles. The molecule has 0 atom stereocenters. The first kappa shape index (κ1) is 14.1. The van der Waals surface area contributed by atoms with Gasteiger partial charge in [0.15, 0.2) is 0 Å². The van der Waals surface area contributed by atoms with Crippen LogP contribution in [0.15, 0.2) is 48.5 Å². The molecule has 0 saturated carbocycles. The van der Waals surface area contributed by atoms with Gasteiger partial charge in [0, 0.05) is 5.69 Å². The average molecular weight is 269 g/mol. The first-order valence-corrected chi connectivity index (χ1v) is 6.55. The van der Waals surface area contributed by atoms with Gasteiger partial charge in [-0.25, -0.2) is 4.79 Å². The topological polar surface area (TPSA) is 52.3 Å². The zero-order valence-electron chi connectivity index (χ0n) is 12.0. The molecule has 0 aliphatic rings. The maximum absolute atomic E-state index is 12.3. The van der Waals surface area contributed by atoms with Crippen LogP contribution in [0.3, 0.4) is 0 Å². The van der Waals surface area contributed by atoms with Gasteiger partial charge < -0.3 is 10.5 Å². The normalized spacial score (nSPS) is 11.2. The monoisotopic (exact) mass is 269 g/mol. The molecule has 0 aliphatic carbocycles. The van der Waals surface area contributed by atoms with Gasteiger partial charge in [-0.1, -0.05) is 30.3 Å². The number of ether oxygens (including phenoxy) is 1. The first-order chi connectivity index (χ1) is 9.37. The lowest BCUT2D eigenvalue weighted by Gasteiger charge is -2.20. The van der Waals surface area contributed by atoms with Crippen LogP contribution in [0.1, 0.15) is 31.1 Å². The van der Waals surface area contributed by atoms with Crippen molar-refractivity contribution in [2.24, 2.45) is 0 Å². The van der Waals surface area contributed by atoms with Gasteiger partial charge in [-0.2, -0.15) is 0 Å². The largest absolute Gasteiger partial charge is 0.456 e. The molecule has 3 nitrogen and oxygen atoms in total. The first-order valence-electron chi connectivity index (χ1n) is 6.55. The molecule has 2 rings (SSSR count). The van der Waals surface area contributed by atoms with Crippen LogP contribution in [0.5, 0.6) is 0 Å². The Kier molecular flexibility index (Phi) is 3.79. The summed E-state index contributed by atoms with van der Waals surface area (Å²) in [6.07, 6.45) is 0. The van der Waals surface area contributed by atoms with E-state index in [4.69, 9.17) is 10.5 Å². The molecule has 0 bridgehead atoms. The fourth-order valence-corrected chi connectivity index (χ4v) is 1.93. The van der Waals surface area contributed by atoms with E-state index in [1.165, 1.54) is 0 Å². The third-order valence-electron chi connectivity index (χ3n) is 2.75. The number of hydrogen-bond donors (Lipinski definition) is 1. The lowest BCUT2D eigenvalue weighted by atomic mass is 9.99. The maximum atomic E-state index is 12.3. The van der Waals surface area contributed by atoms with Crippen molar-refractivity contribution in [3.05, 3.63) is 54.1 Å². The molecule has 104 valence electrons. The number of carbonyl (C=O) groups is 1. The number of nitrogen functional groups attached to an aromatic ring is 1. The van der Waals surface area contributed by atoms with Gasteiger partial charge in [-0.05, 0) is 50.1 Å². The standard InChI is InChI=1S/C17H19NO2/c1-17(2,3)20-16(19)14-10-9-13(18)11-15(14)12-7-5-4-6-8-12/h4-11H,18H2,1-3H3. The molecule has 3 heteroatoms. The molecule has 0 spiro atoms. The summed E-state index contributed by atoms with van der Waals surface area (Å²) in [6, 6.07) is 14.9. The molecular weight excluding hydrogens is 250 g/mol. The summed E-state index contributed by atoms with van der Waals surface area (Å²) in [5.41, 5.74) is 8.20. The Labute approximate surface area is 119 Å². The third kappa shape index (κ3) is 3.38. The molecule has 0 heterocycles. The molecule has 2 aromatic rings. The predicted octanol–water partition coefficient (Wildman–Crippen LogP) is 3.89. The Morgan fingerprint density at radius 2 is 1.70 bits per heavy atom. The number of benzene rings is 2. The highest BCUT2D eigenvalue weighted by atomic mass is 16.6. The highest BCUT2D eigenvalue weighted by Gasteiger charge is 2.20. The number of rotatable bonds is 2. The zero-order valence-corrected chi connectivity index (χ0v) is 12.0. The summed E-state index contributed by atoms with van der Waals surface area (Å²) in [5, 5.41) is 0. The molecule has 0 fully saturated rings. The van der Waals surface area contributed by atoms with Gasteiger partial charge >= 0.3 is 5.97 Å². The van der Waals surface area contributed by atoms with Crippen LogP contribution in [-0.2, 0) is 4.74 Å². The van der Waals surface area contributed by atoms with E-state index < -0.39 is 5.60 Å². The molecule has 2 N–H and O–H groups in total. The van der Waals surface area contributed by atoms with Crippen molar-refractivity contribution in [1.29, 1.82) is 0 Å². The van der Waals surface area contributed by atoms with Crippen LogP contribution in [0.25, 0.3) is 11.1 Å². The molecule has 0 radical (unpaired) electrons. The van der Waals surface area contributed by atoms with Gasteiger partial charge in [0.05, 0.1) is 5.56 Å². The average Bonchev–Trinajstić information content (AvgIpc) is 2.37. The van der Waals surface area contributed by atoms with Crippen LogP contribution in [-0.4, -0.2) is 11.6 Å². The number of esters is 1. The quantitative estimate of drug-likeness (QED) is 0.664. The lowest BCUT2D eigenvalue weighted by Crippen LogP contribution is -2.24. The smallest absolute Gasteiger partial charge is 0.339 e. The van der Waals surface area contributed by atoms with Crippen molar-refractivity contribution in [2.45, 2.75) is 26.4 Å². The van der Waals surface area contributed by atoms with Crippen LogP contribution in [0.2, 0.25) is 0 Å². The third-order valence-corrected chi connectivity index (χ3v) is 2.75.